The molecule has 6 nitrogen and oxygen atoms in total. The van der Waals surface area contributed by atoms with Crippen molar-refractivity contribution < 1.29 is 9.31 Å². The summed E-state index contributed by atoms with van der Waals surface area (Å²) in [4.78, 5) is 9.86. The van der Waals surface area contributed by atoms with Crippen LogP contribution in [0, 0.1) is 29.8 Å². The predicted molar refractivity (Wildman–Crippen MR) is 76.5 cm³/mol. The van der Waals surface area contributed by atoms with Crippen LogP contribution in [0.2, 0.25) is 0 Å². The minimum atomic E-state index is -0.841. The normalized spacial score (nSPS) is 12.4. The quantitative estimate of drug-likeness (QED) is 0.693. The maximum atomic E-state index is 13.6. The van der Waals surface area contributed by atoms with Gasteiger partial charge in [-0.3, -0.25) is 14.8 Å². The Labute approximate surface area is 121 Å². The summed E-state index contributed by atoms with van der Waals surface area (Å²) in [5.74, 6) is -0.841. The van der Waals surface area contributed by atoms with Gasteiger partial charge in [-0.2, -0.15) is 9.49 Å². The zero-order valence-corrected chi connectivity index (χ0v) is 12.1. The van der Waals surface area contributed by atoms with Gasteiger partial charge in [-0.05, 0) is 32.4 Å². The van der Waals surface area contributed by atoms with Crippen LogP contribution in [-0.2, 0) is 6.54 Å². The van der Waals surface area contributed by atoms with Crippen molar-refractivity contribution >= 4 is 5.69 Å². The van der Waals surface area contributed by atoms with Crippen molar-refractivity contribution in [3.8, 4) is 0 Å². The molecule has 1 heterocycles. The maximum Gasteiger partial charge on any atom is 0.304 e. The van der Waals surface area contributed by atoms with Crippen LogP contribution < -0.4 is 5.73 Å². The van der Waals surface area contributed by atoms with Crippen LogP contribution in [0.4, 0.5) is 10.1 Å². The SMILES string of the molecule is Cc1nn(Cc2ccc([N+](=O)[O-])c(F)c2)c(C)c1C(C)N. The number of rotatable bonds is 4. The standard InChI is InChI=1S/C14H17FN4O2/c1-8(16)14-9(2)17-18(10(14)3)7-11-4-5-13(19(20)21)12(15)6-11/h4-6,8H,7,16H2,1-3H3. The predicted octanol–water partition coefficient (Wildman–Crippen LogP) is 2.62. The highest BCUT2D eigenvalue weighted by Gasteiger charge is 2.17. The Morgan fingerprint density at radius 3 is 2.62 bits per heavy atom. The molecule has 2 aromatic rings. The van der Waals surface area contributed by atoms with Crippen LogP contribution in [0.5, 0.6) is 0 Å². The van der Waals surface area contributed by atoms with Crippen LogP contribution >= 0.6 is 0 Å². The number of benzene rings is 1. The van der Waals surface area contributed by atoms with Crippen molar-refractivity contribution in [2.75, 3.05) is 0 Å². The first-order chi connectivity index (χ1) is 9.81. The molecule has 1 aromatic heterocycles. The number of hydrogen-bond acceptors (Lipinski definition) is 4. The van der Waals surface area contributed by atoms with E-state index in [-0.39, 0.29) is 6.04 Å². The van der Waals surface area contributed by atoms with Crippen LogP contribution in [0.3, 0.4) is 0 Å². The minimum Gasteiger partial charge on any atom is -0.324 e. The lowest BCUT2D eigenvalue weighted by Crippen LogP contribution is -2.09. The molecule has 0 saturated carbocycles. The van der Waals surface area contributed by atoms with E-state index in [9.17, 15) is 14.5 Å². The number of halogens is 1. The molecule has 0 radical (unpaired) electrons. The lowest BCUT2D eigenvalue weighted by atomic mass is 10.1. The van der Waals surface area contributed by atoms with Crippen molar-refractivity contribution in [1.29, 1.82) is 0 Å². The summed E-state index contributed by atoms with van der Waals surface area (Å²) in [6, 6.07) is 3.74. The van der Waals surface area contributed by atoms with E-state index >= 15 is 0 Å². The largest absolute Gasteiger partial charge is 0.324 e. The molecule has 21 heavy (non-hydrogen) atoms. The summed E-state index contributed by atoms with van der Waals surface area (Å²) >= 11 is 0. The number of nitro groups is 1. The van der Waals surface area contributed by atoms with Crippen LogP contribution in [-0.4, -0.2) is 14.7 Å². The van der Waals surface area contributed by atoms with E-state index in [1.54, 1.807) is 4.68 Å². The molecule has 1 atom stereocenters. The zero-order valence-electron chi connectivity index (χ0n) is 12.1. The Kier molecular flexibility index (Phi) is 4.04. The van der Waals surface area contributed by atoms with Gasteiger partial charge in [0.15, 0.2) is 0 Å². The molecular formula is C14H17FN4O2. The Morgan fingerprint density at radius 2 is 2.14 bits per heavy atom. The van der Waals surface area contributed by atoms with Gasteiger partial charge in [0.05, 0.1) is 17.2 Å². The van der Waals surface area contributed by atoms with Gasteiger partial charge >= 0.3 is 5.69 Å². The summed E-state index contributed by atoms with van der Waals surface area (Å²) < 4.78 is 15.4. The molecule has 1 unspecified atom stereocenters. The second-order valence-corrected chi connectivity index (χ2v) is 5.07. The first-order valence-corrected chi connectivity index (χ1v) is 6.53. The van der Waals surface area contributed by atoms with Crippen molar-refractivity contribution in [2.24, 2.45) is 5.73 Å². The van der Waals surface area contributed by atoms with Crippen LogP contribution in [0.15, 0.2) is 18.2 Å². The number of nitrogens with zero attached hydrogens (tertiary/aromatic N) is 3. The van der Waals surface area contributed by atoms with Crippen LogP contribution in [0.1, 0.15) is 35.5 Å². The van der Waals surface area contributed by atoms with Gasteiger partial charge < -0.3 is 5.73 Å². The highest BCUT2D eigenvalue weighted by atomic mass is 19.1. The Balaban J connectivity index is 2.33. The molecule has 7 heteroatoms. The highest BCUT2D eigenvalue weighted by molar-refractivity contribution is 5.35. The summed E-state index contributed by atoms with van der Waals surface area (Å²) in [5.41, 5.74) is 8.72. The monoisotopic (exact) mass is 292 g/mol. The van der Waals surface area contributed by atoms with Gasteiger partial charge in [0.1, 0.15) is 0 Å². The lowest BCUT2D eigenvalue weighted by molar-refractivity contribution is -0.387. The maximum absolute atomic E-state index is 13.6. The van der Waals surface area contributed by atoms with Crippen molar-refractivity contribution in [2.45, 2.75) is 33.4 Å². The molecule has 0 spiro atoms. The van der Waals surface area contributed by atoms with E-state index < -0.39 is 16.4 Å². The molecule has 0 bridgehead atoms. The molecule has 0 amide bonds. The smallest absolute Gasteiger partial charge is 0.304 e. The number of aryl methyl sites for hydroxylation is 1. The third kappa shape index (κ3) is 2.92. The van der Waals surface area contributed by atoms with Crippen molar-refractivity contribution in [3.05, 3.63) is 56.6 Å². The summed E-state index contributed by atoms with van der Waals surface area (Å²) in [6.07, 6.45) is 0. The second kappa shape index (κ2) is 5.61. The fourth-order valence-electron chi connectivity index (χ4n) is 2.49. The third-order valence-corrected chi connectivity index (χ3v) is 3.43. The molecule has 0 aliphatic carbocycles. The van der Waals surface area contributed by atoms with Gasteiger partial charge in [-0.15, -0.1) is 0 Å². The third-order valence-electron chi connectivity index (χ3n) is 3.43. The van der Waals surface area contributed by atoms with E-state index in [1.807, 2.05) is 20.8 Å². The fraction of sp³-hybridized carbons (Fsp3) is 0.357. The Morgan fingerprint density at radius 1 is 1.48 bits per heavy atom. The average molecular weight is 292 g/mol. The molecular weight excluding hydrogens is 275 g/mol. The first-order valence-electron chi connectivity index (χ1n) is 6.53. The molecule has 0 aliphatic heterocycles. The summed E-state index contributed by atoms with van der Waals surface area (Å²) in [6.45, 7) is 6.00. The topological polar surface area (TPSA) is 87.0 Å². The van der Waals surface area contributed by atoms with Gasteiger partial charge in [0.25, 0.3) is 0 Å². The number of hydrogen-bond donors (Lipinski definition) is 1. The van der Waals surface area contributed by atoms with E-state index in [0.29, 0.717) is 12.1 Å². The number of nitro benzene ring substituents is 1. The molecule has 1 aromatic carbocycles. The van der Waals surface area contributed by atoms with E-state index in [0.717, 1.165) is 17.0 Å². The average Bonchev–Trinajstić information content (AvgIpc) is 2.63. The van der Waals surface area contributed by atoms with Crippen molar-refractivity contribution in [1.82, 2.24) is 9.78 Å². The zero-order chi connectivity index (χ0) is 15.7. The summed E-state index contributed by atoms with van der Waals surface area (Å²) in [5, 5.41) is 15.0. The van der Waals surface area contributed by atoms with Crippen LogP contribution in [0.25, 0.3) is 0 Å². The number of aromatic nitrogens is 2. The molecule has 2 rings (SSSR count). The molecule has 0 aliphatic rings. The van der Waals surface area contributed by atoms with E-state index in [4.69, 9.17) is 5.73 Å². The molecule has 2 N–H and O–H groups in total. The first kappa shape index (κ1) is 15.1. The van der Waals surface area contributed by atoms with Crippen molar-refractivity contribution in [3.63, 3.8) is 0 Å². The molecule has 0 saturated heterocycles. The van der Waals surface area contributed by atoms with E-state index in [1.165, 1.54) is 18.2 Å². The number of nitrogens with two attached hydrogens (primary N) is 1. The van der Waals surface area contributed by atoms with Gasteiger partial charge in [0, 0.05) is 23.4 Å². The fourth-order valence-corrected chi connectivity index (χ4v) is 2.49. The second-order valence-electron chi connectivity index (χ2n) is 5.07. The Hall–Kier alpha value is -2.28. The van der Waals surface area contributed by atoms with Gasteiger partial charge in [-0.1, -0.05) is 6.07 Å². The Bertz CT molecular complexity index is 695. The summed E-state index contributed by atoms with van der Waals surface area (Å²) in [7, 11) is 0. The van der Waals surface area contributed by atoms with Gasteiger partial charge in [-0.25, -0.2) is 0 Å². The van der Waals surface area contributed by atoms with Gasteiger partial charge in [0.2, 0.25) is 5.82 Å². The highest BCUT2D eigenvalue weighted by Crippen LogP contribution is 2.22. The minimum absolute atomic E-state index is 0.132. The van der Waals surface area contributed by atoms with E-state index in [2.05, 4.69) is 5.10 Å². The molecule has 0 fully saturated rings. The lowest BCUT2D eigenvalue weighted by Gasteiger charge is -2.08. The molecule has 112 valence electrons.